The molecule has 0 heterocycles. The van der Waals surface area contributed by atoms with Gasteiger partial charge in [-0.25, -0.2) is 0 Å². The van der Waals surface area contributed by atoms with Crippen LogP contribution in [-0.2, 0) is 14.4 Å². The van der Waals surface area contributed by atoms with Crippen molar-refractivity contribution in [3.05, 3.63) is 0 Å². The largest absolute Gasteiger partial charge is 0.302 e. The van der Waals surface area contributed by atoms with E-state index in [-0.39, 0.29) is 23.0 Å². The average molecular weight is 290 g/mol. The van der Waals surface area contributed by atoms with E-state index in [1.54, 1.807) is 6.92 Å². The molecule has 21 heavy (non-hydrogen) atoms. The Morgan fingerprint density at radius 1 is 1.14 bits per heavy atom. The van der Waals surface area contributed by atoms with Crippen LogP contribution in [0.25, 0.3) is 0 Å². The van der Waals surface area contributed by atoms with Gasteiger partial charge < -0.3 is 4.79 Å². The van der Waals surface area contributed by atoms with Crippen LogP contribution >= 0.6 is 0 Å². The summed E-state index contributed by atoms with van der Waals surface area (Å²) in [5.41, 5.74) is -0.685. The zero-order valence-electron chi connectivity index (χ0n) is 13.4. The predicted molar refractivity (Wildman–Crippen MR) is 79.6 cm³/mol. The fraction of sp³-hybridized carbons (Fsp3) is 0.833. The second-order valence-electron chi connectivity index (χ2n) is 8.02. The van der Waals surface area contributed by atoms with Gasteiger partial charge in [-0.05, 0) is 69.1 Å². The third kappa shape index (κ3) is 1.89. The topological polar surface area (TPSA) is 51.2 Å². The number of fused-ring (bicyclic) bond motifs is 3. The molecule has 0 aromatic heterocycles. The van der Waals surface area contributed by atoms with Gasteiger partial charge in [-0.1, -0.05) is 6.92 Å². The van der Waals surface area contributed by atoms with Gasteiger partial charge in [0.1, 0.15) is 17.9 Å². The van der Waals surface area contributed by atoms with Gasteiger partial charge in [0.05, 0.1) is 5.41 Å². The summed E-state index contributed by atoms with van der Waals surface area (Å²) in [5, 5.41) is 0. The molecule has 3 saturated carbocycles. The van der Waals surface area contributed by atoms with Crippen LogP contribution in [0.2, 0.25) is 0 Å². The lowest BCUT2D eigenvalue weighted by molar-refractivity contribution is -0.151. The highest BCUT2D eigenvalue weighted by molar-refractivity contribution is 5.98. The van der Waals surface area contributed by atoms with Gasteiger partial charge in [-0.15, -0.1) is 0 Å². The summed E-state index contributed by atoms with van der Waals surface area (Å²) in [7, 11) is 0. The number of rotatable bonds is 2. The highest BCUT2D eigenvalue weighted by atomic mass is 16.1. The van der Waals surface area contributed by atoms with E-state index in [1.165, 1.54) is 0 Å². The third-order valence-corrected chi connectivity index (χ3v) is 7.25. The lowest BCUT2D eigenvalue weighted by atomic mass is 9.49. The molecule has 0 spiro atoms. The summed E-state index contributed by atoms with van der Waals surface area (Å²) >= 11 is 0. The maximum absolute atomic E-state index is 12.3. The lowest BCUT2D eigenvalue weighted by Gasteiger charge is -2.54. The normalized spacial score (nSPS) is 49.4. The molecule has 0 N–H and O–H groups in total. The number of carbonyl (C=O) groups is 3. The molecule has 6 atom stereocenters. The summed E-state index contributed by atoms with van der Waals surface area (Å²) in [6.07, 6.45) is 6.34. The number of hydrogen-bond donors (Lipinski definition) is 0. The van der Waals surface area contributed by atoms with E-state index in [9.17, 15) is 14.4 Å². The number of aldehydes is 1. The zero-order chi connectivity index (χ0) is 15.4. The average Bonchev–Trinajstić information content (AvgIpc) is 2.80. The molecule has 0 bridgehead atoms. The van der Waals surface area contributed by atoms with Gasteiger partial charge in [-0.3, -0.25) is 9.59 Å². The minimum atomic E-state index is -0.779. The Balaban J connectivity index is 1.94. The Hall–Kier alpha value is -0.990. The fourth-order valence-electron chi connectivity index (χ4n) is 6.03. The van der Waals surface area contributed by atoms with E-state index in [1.807, 2.05) is 6.92 Å². The molecule has 3 rings (SSSR count). The van der Waals surface area contributed by atoms with Crippen LogP contribution < -0.4 is 0 Å². The standard InChI is InChI=1S/C18H26O3/c1-11(20)13-5-6-14-12-4-7-16(21)18(3,10-19)15(12)8-9-17(13,14)2/h10,12-15H,4-9H2,1-3H3/t12-,13+,14-,15-,17+,18+/m0/s1. The minimum absolute atomic E-state index is 0.0944. The van der Waals surface area contributed by atoms with Crippen molar-refractivity contribution in [2.45, 2.75) is 59.3 Å². The molecule has 0 amide bonds. The Bertz CT molecular complexity index is 497. The van der Waals surface area contributed by atoms with Crippen molar-refractivity contribution in [3.63, 3.8) is 0 Å². The molecule has 0 aromatic rings. The van der Waals surface area contributed by atoms with E-state index in [0.29, 0.717) is 24.0 Å². The van der Waals surface area contributed by atoms with Crippen molar-refractivity contribution in [2.75, 3.05) is 0 Å². The first-order chi connectivity index (χ1) is 9.84. The summed E-state index contributed by atoms with van der Waals surface area (Å²) in [6.45, 7) is 5.85. The molecule has 3 heteroatoms. The van der Waals surface area contributed by atoms with Crippen molar-refractivity contribution in [3.8, 4) is 0 Å². The Kier molecular flexibility index (Phi) is 3.38. The van der Waals surface area contributed by atoms with Crippen LogP contribution in [0.4, 0.5) is 0 Å². The first kappa shape index (κ1) is 14.9. The SMILES string of the molecule is CC(=O)[C@H]1CC[C@H]2[C@@H]3CCC(=O)[C@](C)(C=O)[C@H]3CC[C@]12C. The minimum Gasteiger partial charge on any atom is -0.302 e. The molecule has 3 aliphatic rings. The number of carbonyl (C=O) groups excluding carboxylic acids is 3. The molecule has 3 nitrogen and oxygen atoms in total. The molecular weight excluding hydrogens is 264 g/mol. The fourth-order valence-corrected chi connectivity index (χ4v) is 6.03. The highest BCUT2D eigenvalue weighted by Crippen LogP contribution is 2.63. The number of ketones is 2. The van der Waals surface area contributed by atoms with Crippen molar-refractivity contribution < 1.29 is 14.4 Å². The molecule has 0 aromatic carbocycles. The predicted octanol–water partition coefficient (Wildman–Crippen LogP) is 3.20. The molecular formula is C18H26O3. The van der Waals surface area contributed by atoms with Crippen molar-refractivity contribution >= 4 is 17.9 Å². The van der Waals surface area contributed by atoms with E-state index in [0.717, 1.165) is 38.4 Å². The van der Waals surface area contributed by atoms with E-state index >= 15 is 0 Å². The molecule has 0 unspecified atom stereocenters. The zero-order valence-corrected chi connectivity index (χ0v) is 13.4. The van der Waals surface area contributed by atoms with Gasteiger partial charge in [0.15, 0.2) is 0 Å². The first-order valence-electron chi connectivity index (χ1n) is 8.34. The third-order valence-electron chi connectivity index (χ3n) is 7.25. The van der Waals surface area contributed by atoms with Gasteiger partial charge in [-0.2, -0.15) is 0 Å². The maximum atomic E-state index is 12.3. The molecule has 116 valence electrons. The Morgan fingerprint density at radius 2 is 1.86 bits per heavy atom. The first-order valence-corrected chi connectivity index (χ1v) is 8.34. The second-order valence-corrected chi connectivity index (χ2v) is 8.02. The van der Waals surface area contributed by atoms with Gasteiger partial charge in [0, 0.05) is 12.3 Å². The highest BCUT2D eigenvalue weighted by Gasteiger charge is 2.60. The van der Waals surface area contributed by atoms with E-state index in [2.05, 4.69) is 6.92 Å². The van der Waals surface area contributed by atoms with Crippen LogP contribution in [0.5, 0.6) is 0 Å². The molecule has 0 radical (unpaired) electrons. The Morgan fingerprint density at radius 3 is 2.48 bits per heavy atom. The maximum Gasteiger partial charge on any atom is 0.146 e. The van der Waals surface area contributed by atoms with Gasteiger partial charge in [0.25, 0.3) is 0 Å². The van der Waals surface area contributed by atoms with E-state index in [4.69, 9.17) is 0 Å². The van der Waals surface area contributed by atoms with Crippen LogP contribution in [0.15, 0.2) is 0 Å². The smallest absolute Gasteiger partial charge is 0.146 e. The molecule has 3 aliphatic carbocycles. The summed E-state index contributed by atoms with van der Waals surface area (Å²) in [5.74, 6) is 1.79. The van der Waals surface area contributed by atoms with Gasteiger partial charge >= 0.3 is 0 Å². The second kappa shape index (κ2) is 4.76. The van der Waals surface area contributed by atoms with Crippen LogP contribution in [0.1, 0.15) is 59.3 Å². The van der Waals surface area contributed by atoms with Crippen LogP contribution in [-0.4, -0.2) is 17.9 Å². The number of Topliss-reactive ketones (excluding diaryl/α,β-unsaturated/α-hetero) is 2. The van der Waals surface area contributed by atoms with Crippen molar-refractivity contribution in [1.29, 1.82) is 0 Å². The lowest BCUT2D eigenvalue weighted by Crippen LogP contribution is -2.53. The summed E-state index contributed by atoms with van der Waals surface area (Å²) in [4.78, 5) is 35.9. The van der Waals surface area contributed by atoms with Crippen molar-refractivity contribution in [2.24, 2.45) is 34.5 Å². The summed E-state index contributed by atoms with van der Waals surface area (Å²) in [6, 6.07) is 0. The van der Waals surface area contributed by atoms with Crippen LogP contribution in [0, 0.1) is 34.5 Å². The van der Waals surface area contributed by atoms with Crippen molar-refractivity contribution in [1.82, 2.24) is 0 Å². The molecule has 0 aliphatic heterocycles. The monoisotopic (exact) mass is 290 g/mol. The quantitative estimate of drug-likeness (QED) is 0.579. The van der Waals surface area contributed by atoms with E-state index < -0.39 is 5.41 Å². The Labute approximate surface area is 126 Å². The molecule has 3 fully saturated rings. The summed E-state index contributed by atoms with van der Waals surface area (Å²) < 4.78 is 0. The number of hydrogen-bond acceptors (Lipinski definition) is 3. The van der Waals surface area contributed by atoms with Crippen LogP contribution in [0.3, 0.4) is 0 Å². The molecule has 0 saturated heterocycles. The van der Waals surface area contributed by atoms with Gasteiger partial charge in [0.2, 0.25) is 0 Å².